The van der Waals surface area contributed by atoms with Gasteiger partial charge in [0.25, 0.3) is 0 Å². The van der Waals surface area contributed by atoms with Crippen LogP contribution in [0.25, 0.3) is 5.69 Å². The van der Waals surface area contributed by atoms with E-state index < -0.39 is 0 Å². The topological polar surface area (TPSA) is 90.3 Å². The van der Waals surface area contributed by atoms with Crippen molar-refractivity contribution in [3.8, 4) is 17.2 Å². The maximum Gasteiger partial charge on any atom is 0.319 e. The van der Waals surface area contributed by atoms with Crippen LogP contribution in [-0.4, -0.2) is 35.0 Å². The van der Waals surface area contributed by atoms with Crippen molar-refractivity contribution in [1.82, 2.24) is 20.1 Å². The SMILES string of the molecule is COc1ccc(NC(=O)NCc2nnc(SCc3ccccc3C)n2-c2ccc(C)cc2)c(OC)c1. The highest BCUT2D eigenvalue weighted by Gasteiger charge is 2.16. The highest BCUT2D eigenvalue weighted by Crippen LogP contribution is 2.29. The van der Waals surface area contributed by atoms with Gasteiger partial charge in [-0.15, -0.1) is 10.2 Å². The number of anilines is 1. The summed E-state index contributed by atoms with van der Waals surface area (Å²) < 4.78 is 12.6. The minimum atomic E-state index is -0.383. The predicted octanol–water partition coefficient (Wildman–Crippen LogP) is 5.52. The lowest BCUT2D eigenvalue weighted by Crippen LogP contribution is -2.29. The Morgan fingerprint density at radius 2 is 1.75 bits per heavy atom. The zero-order valence-electron chi connectivity index (χ0n) is 20.7. The van der Waals surface area contributed by atoms with Crippen molar-refractivity contribution in [2.24, 2.45) is 0 Å². The lowest BCUT2D eigenvalue weighted by molar-refractivity contribution is 0.251. The maximum absolute atomic E-state index is 12.7. The monoisotopic (exact) mass is 503 g/mol. The van der Waals surface area contributed by atoms with Gasteiger partial charge in [0, 0.05) is 17.5 Å². The number of amides is 2. The number of carbonyl (C=O) groups is 1. The summed E-state index contributed by atoms with van der Waals surface area (Å²) in [5.74, 6) is 2.53. The Bertz CT molecular complexity index is 1340. The van der Waals surface area contributed by atoms with Crippen molar-refractivity contribution < 1.29 is 14.3 Å². The van der Waals surface area contributed by atoms with Crippen LogP contribution < -0.4 is 20.1 Å². The molecule has 0 aliphatic heterocycles. The third-order valence-corrected chi connectivity index (χ3v) is 6.65. The van der Waals surface area contributed by atoms with Gasteiger partial charge in [-0.25, -0.2) is 4.79 Å². The van der Waals surface area contributed by atoms with Crippen molar-refractivity contribution in [3.05, 3.63) is 89.2 Å². The molecule has 0 spiro atoms. The van der Waals surface area contributed by atoms with E-state index in [9.17, 15) is 4.79 Å². The van der Waals surface area contributed by atoms with Crippen LogP contribution >= 0.6 is 11.8 Å². The Kier molecular flexibility index (Phi) is 8.12. The van der Waals surface area contributed by atoms with E-state index in [1.807, 2.05) is 47.9 Å². The van der Waals surface area contributed by atoms with Crippen molar-refractivity contribution in [2.75, 3.05) is 19.5 Å². The number of ether oxygens (including phenoxy) is 2. The number of hydrogen-bond acceptors (Lipinski definition) is 6. The molecule has 1 aromatic heterocycles. The number of urea groups is 1. The van der Waals surface area contributed by atoms with Crippen LogP contribution in [0.2, 0.25) is 0 Å². The lowest BCUT2D eigenvalue weighted by Gasteiger charge is -2.13. The number of carbonyl (C=O) groups excluding carboxylic acids is 1. The second-order valence-corrected chi connectivity index (χ2v) is 9.10. The summed E-state index contributed by atoms with van der Waals surface area (Å²) >= 11 is 1.61. The molecule has 0 aliphatic rings. The van der Waals surface area contributed by atoms with Gasteiger partial charge in [0.2, 0.25) is 0 Å². The molecule has 2 amide bonds. The molecule has 2 N–H and O–H groups in total. The molecule has 0 saturated heterocycles. The van der Waals surface area contributed by atoms with E-state index in [1.165, 1.54) is 18.2 Å². The summed E-state index contributed by atoms with van der Waals surface area (Å²) in [4.78, 5) is 12.7. The molecule has 1 heterocycles. The van der Waals surface area contributed by atoms with Gasteiger partial charge in [-0.1, -0.05) is 53.7 Å². The van der Waals surface area contributed by atoms with Gasteiger partial charge in [-0.05, 0) is 49.2 Å². The molecule has 4 rings (SSSR count). The van der Waals surface area contributed by atoms with Crippen LogP contribution in [0.4, 0.5) is 10.5 Å². The number of aromatic nitrogens is 3. The highest BCUT2D eigenvalue weighted by molar-refractivity contribution is 7.98. The van der Waals surface area contributed by atoms with Gasteiger partial charge >= 0.3 is 6.03 Å². The lowest BCUT2D eigenvalue weighted by atomic mass is 10.1. The van der Waals surface area contributed by atoms with E-state index in [1.54, 1.807) is 37.1 Å². The molecular formula is C27H29N5O3S. The smallest absolute Gasteiger partial charge is 0.319 e. The summed E-state index contributed by atoms with van der Waals surface area (Å²) in [7, 11) is 3.12. The van der Waals surface area contributed by atoms with Gasteiger partial charge in [0.05, 0.1) is 26.5 Å². The third kappa shape index (κ3) is 5.98. The molecule has 0 fully saturated rings. The number of thioether (sulfide) groups is 1. The first-order valence-electron chi connectivity index (χ1n) is 11.4. The molecule has 0 bridgehead atoms. The van der Waals surface area contributed by atoms with Gasteiger partial charge in [0.1, 0.15) is 11.5 Å². The van der Waals surface area contributed by atoms with Crippen LogP contribution in [0, 0.1) is 13.8 Å². The zero-order valence-corrected chi connectivity index (χ0v) is 21.6. The molecule has 0 radical (unpaired) electrons. The van der Waals surface area contributed by atoms with Gasteiger partial charge in [-0.2, -0.15) is 0 Å². The largest absolute Gasteiger partial charge is 0.497 e. The Hall–Kier alpha value is -3.98. The first-order valence-corrected chi connectivity index (χ1v) is 12.4. The van der Waals surface area contributed by atoms with E-state index in [0.29, 0.717) is 23.0 Å². The first kappa shape index (κ1) is 25.1. The van der Waals surface area contributed by atoms with Gasteiger partial charge < -0.3 is 20.1 Å². The predicted molar refractivity (Wildman–Crippen MR) is 142 cm³/mol. The van der Waals surface area contributed by atoms with E-state index in [-0.39, 0.29) is 12.6 Å². The summed E-state index contributed by atoms with van der Waals surface area (Å²) in [6.45, 7) is 4.34. The van der Waals surface area contributed by atoms with Crippen molar-refractivity contribution >= 4 is 23.5 Å². The van der Waals surface area contributed by atoms with Crippen molar-refractivity contribution in [3.63, 3.8) is 0 Å². The molecule has 186 valence electrons. The van der Waals surface area contributed by atoms with E-state index in [0.717, 1.165) is 22.2 Å². The first-order chi connectivity index (χ1) is 17.5. The fourth-order valence-corrected chi connectivity index (χ4v) is 4.65. The molecular weight excluding hydrogens is 474 g/mol. The minimum Gasteiger partial charge on any atom is -0.497 e. The normalized spacial score (nSPS) is 10.7. The van der Waals surface area contributed by atoms with Gasteiger partial charge in [-0.3, -0.25) is 4.57 Å². The summed E-state index contributed by atoms with van der Waals surface area (Å²) in [6, 6.07) is 21.3. The number of methoxy groups -OCH3 is 2. The number of hydrogen-bond donors (Lipinski definition) is 2. The highest BCUT2D eigenvalue weighted by atomic mass is 32.2. The second kappa shape index (κ2) is 11.6. The van der Waals surface area contributed by atoms with Crippen LogP contribution in [0.15, 0.2) is 71.9 Å². The van der Waals surface area contributed by atoms with Gasteiger partial charge in [0.15, 0.2) is 11.0 Å². The molecule has 4 aromatic rings. The van der Waals surface area contributed by atoms with E-state index in [2.05, 4.69) is 39.9 Å². The molecule has 0 atom stereocenters. The molecule has 0 aliphatic carbocycles. The van der Waals surface area contributed by atoms with Crippen LogP contribution in [0.3, 0.4) is 0 Å². The van der Waals surface area contributed by atoms with E-state index >= 15 is 0 Å². The number of rotatable bonds is 9. The fraction of sp³-hybridized carbons (Fsp3) is 0.222. The standard InChI is InChI=1S/C27H29N5O3S/c1-18-9-11-21(12-10-18)32-25(30-31-27(32)36-17-20-8-6-5-7-19(20)2)16-28-26(33)29-23-14-13-22(34-3)15-24(23)35-4/h5-15H,16-17H2,1-4H3,(H2,28,29,33). The van der Waals surface area contributed by atoms with Crippen molar-refractivity contribution in [1.29, 1.82) is 0 Å². The summed E-state index contributed by atoms with van der Waals surface area (Å²) in [5, 5.41) is 15.3. The number of nitrogens with zero attached hydrogens (tertiary/aromatic N) is 3. The Labute approximate surface area is 215 Å². The van der Waals surface area contributed by atoms with Crippen LogP contribution in [0.5, 0.6) is 11.5 Å². The third-order valence-electron chi connectivity index (χ3n) is 5.67. The number of aryl methyl sites for hydroxylation is 2. The quantitative estimate of drug-likeness (QED) is 0.293. The molecule has 0 unspecified atom stereocenters. The summed E-state index contributed by atoms with van der Waals surface area (Å²) in [5.41, 5.74) is 5.11. The molecule has 0 saturated carbocycles. The zero-order chi connectivity index (χ0) is 25.5. The van der Waals surface area contributed by atoms with E-state index in [4.69, 9.17) is 9.47 Å². The Balaban J connectivity index is 1.51. The average Bonchev–Trinajstić information content (AvgIpc) is 3.30. The fourth-order valence-electron chi connectivity index (χ4n) is 3.60. The van der Waals surface area contributed by atoms with Crippen LogP contribution in [-0.2, 0) is 12.3 Å². The average molecular weight is 504 g/mol. The Morgan fingerprint density at radius 1 is 0.972 bits per heavy atom. The number of benzene rings is 3. The van der Waals surface area contributed by atoms with Crippen LogP contribution in [0.1, 0.15) is 22.5 Å². The number of nitrogens with one attached hydrogen (secondary N) is 2. The molecule has 9 heteroatoms. The molecule has 3 aromatic carbocycles. The molecule has 8 nitrogen and oxygen atoms in total. The Morgan fingerprint density at radius 3 is 2.47 bits per heavy atom. The molecule has 36 heavy (non-hydrogen) atoms. The maximum atomic E-state index is 12.7. The second-order valence-electron chi connectivity index (χ2n) is 8.16. The minimum absolute atomic E-state index is 0.191. The van der Waals surface area contributed by atoms with Crippen molar-refractivity contribution in [2.45, 2.75) is 31.3 Å². The summed E-state index contributed by atoms with van der Waals surface area (Å²) in [6.07, 6.45) is 0.